The van der Waals surface area contributed by atoms with Crippen LogP contribution in [0.3, 0.4) is 0 Å². The van der Waals surface area contributed by atoms with Crippen LogP contribution in [0.5, 0.6) is 0 Å². The van der Waals surface area contributed by atoms with Crippen molar-refractivity contribution in [1.82, 2.24) is 14.5 Å². The molecule has 0 aromatic carbocycles. The molecular formula is C10H21N3O2S. The average molecular weight is 247 g/mol. The van der Waals surface area contributed by atoms with E-state index >= 15 is 0 Å². The number of piperazine rings is 1. The van der Waals surface area contributed by atoms with Crippen LogP contribution in [0, 0.1) is 0 Å². The third kappa shape index (κ3) is 2.56. The van der Waals surface area contributed by atoms with Crippen molar-refractivity contribution in [2.75, 3.05) is 45.5 Å². The van der Waals surface area contributed by atoms with Crippen molar-refractivity contribution in [3.63, 3.8) is 0 Å². The summed E-state index contributed by atoms with van der Waals surface area (Å²) in [6, 6.07) is 0.470. The Hall–Kier alpha value is -0.170. The first-order valence-corrected chi connectivity index (χ1v) is 7.61. The van der Waals surface area contributed by atoms with Gasteiger partial charge in [-0.3, -0.25) is 4.90 Å². The van der Waals surface area contributed by atoms with Crippen LogP contribution in [-0.4, -0.2) is 69.2 Å². The maximum Gasteiger partial charge on any atom is 0.215 e. The van der Waals surface area contributed by atoms with E-state index < -0.39 is 10.0 Å². The number of rotatable bonds is 4. The van der Waals surface area contributed by atoms with Gasteiger partial charge in [-0.05, 0) is 26.4 Å². The Balaban J connectivity index is 1.95. The zero-order valence-corrected chi connectivity index (χ0v) is 10.7. The highest BCUT2D eigenvalue weighted by Gasteiger charge is 2.35. The number of nitrogens with zero attached hydrogens (tertiary/aromatic N) is 2. The molecule has 2 saturated heterocycles. The molecule has 0 radical (unpaired) electrons. The Morgan fingerprint density at radius 1 is 1.31 bits per heavy atom. The van der Waals surface area contributed by atoms with Gasteiger partial charge in [0.15, 0.2) is 0 Å². The van der Waals surface area contributed by atoms with Crippen LogP contribution in [0.1, 0.15) is 12.8 Å². The van der Waals surface area contributed by atoms with E-state index in [0.717, 1.165) is 19.5 Å². The molecule has 1 unspecified atom stereocenters. The van der Waals surface area contributed by atoms with E-state index in [9.17, 15) is 8.42 Å². The largest absolute Gasteiger partial charge is 0.319 e. The molecule has 6 heteroatoms. The van der Waals surface area contributed by atoms with E-state index in [1.165, 1.54) is 6.42 Å². The molecule has 0 saturated carbocycles. The lowest BCUT2D eigenvalue weighted by Crippen LogP contribution is -2.52. The van der Waals surface area contributed by atoms with Gasteiger partial charge in [-0.15, -0.1) is 0 Å². The standard InChI is InChI=1S/C10H21N3O2S/c1-11-4-8-16(14,15)13-7-6-12-5-2-3-10(12)9-13/h10-11H,2-9H2,1H3. The molecule has 0 bridgehead atoms. The molecule has 0 aromatic heterocycles. The van der Waals surface area contributed by atoms with Crippen molar-refractivity contribution in [3.8, 4) is 0 Å². The van der Waals surface area contributed by atoms with Crippen molar-refractivity contribution in [3.05, 3.63) is 0 Å². The van der Waals surface area contributed by atoms with Gasteiger partial charge in [-0.2, -0.15) is 4.31 Å². The summed E-state index contributed by atoms with van der Waals surface area (Å²) in [5, 5.41) is 2.89. The Kier molecular flexibility index (Phi) is 3.84. The molecule has 16 heavy (non-hydrogen) atoms. The molecule has 2 heterocycles. The molecule has 2 aliphatic heterocycles. The summed E-state index contributed by atoms with van der Waals surface area (Å²) in [6.45, 7) is 3.96. The monoisotopic (exact) mass is 247 g/mol. The van der Waals surface area contributed by atoms with E-state index in [0.29, 0.717) is 25.7 Å². The summed E-state index contributed by atoms with van der Waals surface area (Å²) >= 11 is 0. The van der Waals surface area contributed by atoms with Gasteiger partial charge in [0, 0.05) is 32.2 Å². The first-order chi connectivity index (χ1) is 7.63. The van der Waals surface area contributed by atoms with Gasteiger partial charge in [0.25, 0.3) is 0 Å². The van der Waals surface area contributed by atoms with Crippen molar-refractivity contribution < 1.29 is 8.42 Å². The molecule has 0 spiro atoms. The van der Waals surface area contributed by atoms with Crippen LogP contribution < -0.4 is 5.32 Å². The van der Waals surface area contributed by atoms with Gasteiger partial charge in [0.1, 0.15) is 0 Å². The Morgan fingerprint density at radius 3 is 2.88 bits per heavy atom. The fraction of sp³-hybridized carbons (Fsp3) is 1.00. The molecule has 0 amide bonds. The quantitative estimate of drug-likeness (QED) is 0.715. The van der Waals surface area contributed by atoms with E-state index in [2.05, 4.69) is 10.2 Å². The van der Waals surface area contributed by atoms with Gasteiger partial charge in [-0.1, -0.05) is 0 Å². The molecule has 2 aliphatic rings. The number of sulfonamides is 1. The summed E-state index contributed by atoms with van der Waals surface area (Å²) in [5.41, 5.74) is 0. The van der Waals surface area contributed by atoms with Gasteiger partial charge >= 0.3 is 0 Å². The van der Waals surface area contributed by atoms with Crippen LogP contribution in [0.4, 0.5) is 0 Å². The minimum absolute atomic E-state index is 0.218. The lowest BCUT2D eigenvalue weighted by atomic mass is 10.2. The van der Waals surface area contributed by atoms with Gasteiger partial charge < -0.3 is 5.32 Å². The third-order valence-corrected chi connectivity index (χ3v) is 5.39. The zero-order chi connectivity index (χ0) is 11.6. The normalized spacial score (nSPS) is 28.2. The molecule has 1 N–H and O–H groups in total. The maximum absolute atomic E-state index is 12.0. The SMILES string of the molecule is CNCCS(=O)(=O)N1CCN2CCCC2C1. The lowest BCUT2D eigenvalue weighted by Gasteiger charge is -2.36. The molecule has 1 atom stereocenters. The Morgan fingerprint density at radius 2 is 2.12 bits per heavy atom. The smallest absolute Gasteiger partial charge is 0.215 e. The van der Waals surface area contributed by atoms with Crippen LogP contribution >= 0.6 is 0 Å². The highest BCUT2D eigenvalue weighted by Crippen LogP contribution is 2.22. The summed E-state index contributed by atoms with van der Waals surface area (Å²) in [5.74, 6) is 0.218. The predicted molar refractivity (Wildman–Crippen MR) is 63.9 cm³/mol. The molecule has 5 nitrogen and oxygen atoms in total. The molecule has 2 fully saturated rings. The zero-order valence-electron chi connectivity index (χ0n) is 9.85. The van der Waals surface area contributed by atoms with Gasteiger partial charge in [0.2, 0.25) is 10.0 Å². The minimum atomic E-state index is -3.04. The maximum atomic E-state index is 12.0. The second kappa shape index (κ2) is 5.00. The van der Waals surface area contributed by atoms with Crippen molar-refractivity contribution in [2.24, 2.45) is 0 Å². The highest BCUT2D eigenvalue weighted by molar-refractivity contribution is 7.89. The molecule has 0 aromatic rings. The fourth-order valence-electron chi connectivity index (χ4n) is 2.58. The van der Waals surface area contributed by atoms with Crippen LogP contribution in [0.15, 0.2) is 0 Å². The topological polar surface area (TPSA) is 52.7 Å². The Bertz CT molecular complexity index is 331. The van der Waals surface area contributed by atoms with E-state index in [-0.39, 0.29) is 5.75 Å². The van der Waals surface area contributed by atoms with E-state index in [1.807, 2.05) is 0 Å². The van der Waals surface area contributed by atoms with Crippen LogP contribution in [-0.2, 0) is 10.0 Å². The predicted octanol–water partition coefficient (Wildman–Crippen LogP) is -0.684. The van der Waals surface area contributed by atoms with E-state index in [4.69, 9.17) is 0 Å². The molecule has 0 aliphatic carbocycles. The highest BCUT2D eigenvalue weighted by atomic mass is 32.2. The number of hydrogen-bond donors (Lipinski definition) is 1. The number of hydrogen-bond acceptors (Lipinski definition) is 4. The van der Waals surface area contributed by atoms with Crippen molar-refractivity contribution in [1.29, 1.82) is 0 Å². The second-order valence-corrected chi connectivity index (χ2v) is 6.70. The first kappa shape index (κ1) is 12.3. The van der Waals surface area contributed by atoms with Crippen molar-refractivity contribution >= 4 is 10.0 Å². The summed E-state index contributed by atoms with van der Waals surface area (Å²) in [7, 11) is -1.26. The average Bonchev–Trinajstić information content (AvgIpc) is 2.73. The van der Waals surface area contributed by atoms with Crippen LogP contribution in [0.2, 0.25) is 0 Å². The third-order valence-electron chi connectivity index (χ3n) is 3.55. The van der Waals surface area contributed by atoms with Crippen molar-refractivity contribution in [2.45, 2.75) is 18.9 Å². The molecular weight excluding hydrogens is 226 g/mol. The summed E-state index contributed by atoms with van der Waals surface area (Å²) in [6.07, 6.45) is 2.37. The number of fused-ring (bicyclic) bond motifs is 1. The van der Waals surface area contributed by atoms with Gasteiger partial charge in [0.05, 0.1) is 5.75 Å². The van der Waals surface area contributed by atoms with E-state index in [1.54, 1.807) is 11.4 Å². The molecule has 2 rings (SSSR count). The number of nitrogens with one attached hydrogen (secondary N) is 1. The lowest BCUT2D eigenvalue weighted by molar-refractivity contribution is 0.158. The fourth-order valence-corrected chi connectivity index (χ4v) is 4.05. The summed E-state index contributed by atoms with van der Waals surface area (Å²) in [4.78, 5) is 2.42. The molecule has 94 valence electrons. The first-order valence-electron chi connectivity index (χ1n) is 6.00. The Labute approximate surface area is 97.8 Å². The van der Waals surface area contributed by atoms with Gasteiger partial charge in [-0.25, -0.2) is 8.42 Å². The summed E-state index contributed by atoms with van der Waals surface area (Å²) < 4.78 is 25.7. The minimum Gasteiger partial charge on any atom is -0.319 e. The van der Waals surface area contributed by atoms with Crippen LogP contribution in [0.25, 0.3) is 0 Å². The second-order valence-electron chi connectivity index (χ2n) is 4.61.